The summed E-state index contributed by atoms with van der Waals surface area (Å²) in [6.07, 6.45) is 2.26. The zero-order valence-electron chi connectivity index (χ0n) is 18.0. The summed E-state index contributed by atoms with van der Waals surface area (Å²) >= 11 is 0. The second-order valence-electron chi connectivity index (χ2n) is 8.01. The van der Waals surface area contributed by atoms with Crippen molar-refractivity contribution in [2.45, 2.75) is 26.2 Å². The Morgan fingerprint density at radius 3 is 2.39 bits per heavy atom. The molecule has 2 aromatic carbocycles. The summed E-state index contributed by atoms with van der Waals surface area (Å²) in [6, 6.07) is 15.0. The number of carbonyl (C=O) groups excluding carboxylic acids is 2. The third kappa shape index (κ3) is 4.71. The van der Waals surface area contributed by atoms with Gasteiger partial charge in [-0.1, -0.05) is 12.1 Å². The molecule has 0 aliphatic carbocycles. The number of nitrogens with zero attached hydrogens (tertiary/aromatic N) is 3. The normalized spacial score (nSPS) is 16.8. The lowest BCUT2D eigenvalue weighted by molar-refractivity contribution is -0.121. The second-order valence-corrected chi connectivity index (χ2v) is 8.01. The summed E-state index contributed by atoms with van der Waals surface area (Å²) in [5, 5.41) is 9.43. The van der Waals surface area contributed by atoms with Gasteiger partial charge in [0.2, 0.25) is 5.91 Å². The molecule has 1 saturated heterocycles. The van der Waals surface area contributed by atoms with E-state index in [4.69, 9.17) is 4.74 Å². The van der Waals surface area contributed by atoms with E-state index >= 15 is 0 Å². The van der Waals surface area contributed by atoms with Gasteiger partial charge >= 0.3 is 0 Å². The van der Waals surface area contributed by atoms with Crippen molar-refractivity contribution in [2.75, 3.05) is 37.1 Å². The molecule has 4 rings (SSSR count). The average Bonchev–Trinajstić information content (AvgIpc) is 3.25. The number of anilines is 2. The first-order chi connectivity index (χ1) is 15.0. The molecule has 1 fully saturated rings. The van der Waals surface area contributed by atoms with Crippen LogP contribution in [0.15, 0.2) is 53.6 Å². The molecule has 7 heteroatoms. The van der Waals surface area contributed by atoms with Crippen molar-refractivity contribution in [2.24, 2.45) is 11.0 Å². The van der Waals surface area contributed by atoms with Crippen molar-refractivity contribution in [3.63, 3.8) is 0 Å². The lowest BCUT2D eigenvalue weighted by Crippen LogP contribution is -2.41. The number of hydrogen-bond donors (Lipinski definition) is 1. The molecule has 7 nitrogen and oxygen atoms in total. The van der Waals surface area contributed by atoms with Gasteiger partial charge in [-0.2, -0.15) is 5.10 Å². The number of hydrogen-bond acceptors (Lipinski definition) is 5. The largest absolute Gasteiger partial charge is 0.495 e. The Hall–Kier alpha value is -3.35. The number of likely N-dealkylation sites (tertiary alicyclic amines) is 1. The summed E-state index contributed by atoms with van der Waals surface area (Å²) in [6.45, 7) is 4.04. The minimum Gasteiger partial charge on any atom is -0.495 e. The number of methoxy groups -OCH3 is 1. The highest BCUT2D eigenvalue weighted by molar-refractivity contribution is 5.96. The molecular formula is C24H28N4O3. The number of ether oxygens (including phenoxy) is 1. The van der Waals surface area contributed by atoms with Gasteiger partial charge in [-0.05, 0) is 56.2 Å². The summed E-state index contributed by atoms with van der Waals surface area (Å²) in [5.41, 5.74) is 3.46. The van der Waals surface area contributed by atoms with Crippen LogP contribution in [0.4, 0.5) is 11.4 Å². The van der Waals surface area contributed by atoms with Crippen LogP contribution in [0.3, 0.4) is 0 Å². The second kappa shape index (κ2) is 9.20. The number of piperidine rings is 1. The molecule has 0 atom stereocenters. The van der Waals surface area contributed by atoms with Crippen LogP contribution in [0.2, 0.25) is 0 Å². The van der Waals surface area contributed by atoms with Gasteiger partial charge in [-0.25, -0.2) is 0 Å². The van der Waals surface area contributed by atoms with Gasteiger partial charge in [0, 0.05) is 43.2 Å². The maximum Gasteiger partial charge on any atom is 0.253 e. The standard InChI is InChI=1S/C24H28N4O3/c1-17-11-16-28(26-17)20-9-7-19(8-10-20)24(30)27-14-12-18(13-15-27)23(29)25-21-5-3-4-6-22(21)31-2/h3-10,18H,11-16H2,1-2H3,(H,25,29). The average molecular weight is 421 g/mol. The number of nitrogens with one attached hydrogen (secondary N) is 1. The summed E-state index contributed by atoms with van der Waals surface area (Å²) in [4.78, 5) is 27.4. The summed E-state index contributed by atoms with van der Waals surface area (Å²) in [5.74, 6) is 0.507. The van der Waals surface area contributed by atoms with Crippen molar-refractivity contribution in [1.82, 2.24) is 4.90 Å². The number of para-hydroxylation sites is 2. The van der Waals surface area contributed by atoms with Gasteiger partial charge in [0.1, 0.15) is 5.75 Å². The Bertz CT molecular complexity index is 979. The zero-order valence-corrected chi connectivity index (χ0v) is 18.0. The minimum atomic E-state index is -0.118. The summed E-state index contributed by atoms with van der Waals surface area (Å²) < 4.78 is 5.30. The topological polar surface area (TPSA) is 74.2 Å². The highest BCUT2D eigenvalue weighted by Crippen LogP contribution is 2.26. The van der Waals surface area contributed by atoms with E-state index in [0.717, 1.165) is 24.4 Å². The molecule has 162 valence electrons. The van der Waals surface area contributed by atoms with Crippen LogP contribution in [0.25, 0.3) is 0 Å². The van der Waals surface area contributed by atoms with E-state index in [1.807, 2.05) is 65.4 Å². The molecule has 2 aliphatic rings. The molecule has 1 N–H and O–H groups in total. The Balaban J connectivity index is 1.32. The molecular weight excluding hydrogens is 392 g/mol. The van der Waals surface area contributed by atoms with Gasteiger partial charge in [-0.15, -0.1) is 0 Å². The third-order valence-corrected chi connectivity index (χ3v) is 5.91. The predicted octanol–water partition coefficient (Wildman–Crippen LogP) is 3.77. The molecule has 0 unspecified atom stereocenters. The van der Waals surface area contributed by atoms with Crippen molar-refractivity contribution in [3.05, 3.63) is 54.1 Å². The van der Waals surface area contributed by atoms with E-state index in [9.17, 15) is 9.59 Å². The van der Waals surface area contributed by atoms with Crippen LogP contribution in [-0.2, 0) is 4.79 Å². The first-order valence-corrected chi connectivity index (χ1v) is 10.7. The van der Waals surface area contributed by atoms with Gasteiger partial charge in [0.15, 0.2) is 0 Å². The molecule has 0 spiro atoms. The highest BCUT2D eigenvalue weighted by Gasteiger charge is 2.28. The zero-order chi connectivity index (χ0) is 21.8. The molecule has 2 aromatic rings. The number of benzene rings is 2. The van der Waals surface area contributed by atoms with Crippen LogP contribution in [0, 0.1) is 5.92 Å². The Kier molecular flexibility index (Phi) is 6.21. The van der Waals surface area contributed by atoms with Crippen molar-refractivity contribution in [3.8, 4) is 5.75 Å². The minimum absolute atomic E-state index is 0.0104. The SMILES string of the molecule is COc1ccccc1NC(=O)C1CCN(C(=O)c2ccc(N3CCC(C)=N3)cc2)CC1. The van der Waals surface area contributed by atoms with Crippen LogP contribution in [-0.4, -0.2) is 49.2 Å². The van der Waals surface area contributed by atoms with Crippen molar-refractivity contribution >= 4 is 28.9 Å². The number of hydrazone groups is 1. The molecule has 2 heterocycles. The molecule has 2 amide bonds. The number of carbonyl (C=O) groups is 2. The molecule has 0 bridgehead atoms. The van der Waals surface area contributed by atoms with Crippen LogP contribution < -0.4 is 15.1 Å². The van der Waals surface area contributed by atoms with E-state index in [0.29, 0.717) is 42.9 Å². The monoisotopic (exact) mass is 420 g/mol. The smallest absolute Gasteiger partial charge is 0.253 e. The molecule has 0 radical (unpaired) electrons. The quantitative estimate of drug-likeness (QED) is 0.799. The maximum absolute atomic E-state index is 12.9. The maximum atomic E-state index is 12.9. The van der Waals surface area contributed by atoms with Gasteiger partial charge in [-0.3, -0.25) is 14.6 Å². The van der Waals surface area contributed by atoms with E-state index in [1.54, 1.807) is 7.11 Å². The van der Waals surface area contributed by atoms with Gasteiger partial charge in [0.05, 0.1) is 18.5 Å². The van der Waals surface area contributed by atoms with Crippen LogP contribution in [0.5, 0.6) is 5.75 Å². The fourth-order valence-corrected chi connectivity index (χ4v) is 4.05. The Morgan fingerprint density at radius 2 is 1.74 bits per heavy atom. The number of rotatable bonds is 5. The Morgan fingerprint density at radius 1 is 1.03 bits per heavy atom. The first-order valence-electron chi connectivity index (χ1n) is 10.7. The van der Waals surface area contributed by atoms with Gasteiger partial charge in [0.25, 0.3) is 5.91 Å². The van der Waals surface area contributed by atoms with Crippen LogP contribution in [0.1, 0.15) is 36.5 Å². The fraction of sp³-hybridized carbons (Fsp3) is 0.375. The third-order valence-electron chi connectivity index (χ3n) is 5.91. The highest BCUT2D eigenvalue weighted by atomic mass is 16.5. The molecule has 0 aromatic heterocycles. The molecule has 31 heavy (non-hydrogen) atoms. The van der Waals surface area contributed by atoms with Crippen molar-refractivity contribution in [1.29, 1.82) is 0 Å². The fourth-order valence-electron chi connectivity index (χ4n) is 4.05. The predicted molar refractivity (Wildman–Crippen MR) is 122 cm³/mol. The first kappa shape index (κ1) is 20.9. The lowest BCUT2D eigenvalue weighted by Gasteiger charge is -2.31. The van der Waals surface area contributed by atoms with Gasteiger partial charge < -0.3 is 15.0 Å². The molecule has 2 aliphatic heterocycles. The Labute approximate surface area is 182 Å². The molecule has 0 saturated carbocycles. The van der Waals surface area contributed by atoms with E-state index in [1.165, 1.54) is 0 Å². The van der Waals surface area contributed by atoms with E-state index in [-0.39, 0.29) is 17.7 Å². The summed E-state index contributed by atoms with van der Waals surface area (Å²) in [7, 11) is 1.58. The number of amides is 2. The van der Waals surface area contributed by atoms with Crippen molar-refractivity contribution < 1.29 is 14.3 Å². The van der Waals surface area contributed by atoms with E-state index in [2.05, 4.69) is 10.4 Å². The van der Waals surface area contributed by atoms with E-state index < -0.39 is 0 Å². The lowest BCUT2D eigenvalue weighted by atomic mass is 9.95. The van der Waals surface area contributed by atoms with Crippen LogP contribution >= 0.6 is 0 Å².